The van der Waals surface area contributed by atoms with Gasteiger partial charge < -0.3 is 14.2 Å². The number of unbranched alkanes of at least 4 members (excludes halogenated alkanes) is 1. The first-order valence-corrected chi connectivity index (χ1v) is 17.3. The second-order valence-corrected chi connectivity index (χ2v) is 16.4. The molecule has 238 valence electrons. The Labute approximate surface area is 266 Å². The second-order valence-electron chi connectivity index (χ2n) is 15.4. The molecule has 4 aliphatic rings. The Bertz CT molecular complexity index is 1250. The Kier molecular flexibility index (Phi) is 8.92. The van der Waals surface area contributed by atoms with Gasteiger partial charge in [-0.1, -0.05) is 76.9 Å². The Morgan fingerprint density at radius 3 is 1.93 bits per heavy atom. The molecule has 4 bridgehead atoms. The first kappa shape index (κ1) is 32.5. The molecule has 4 saturated carbocycles. The van der Waals surface area contributed by atoms with Crippen molar-refractivity contribution in [1.82, 2.24) is 0 Å². The summed E-state index contributed by atoms with van der Waals surface area (Å²) in [5.74, 6) is -0.0341. The van der Waals surface area contributed by atoms with E-state index in [1.54, 1.807) is 6.07 Å². The summed E-state index contributed by atoms with van der Waals surface area (Å²) in [6.07, 6.45) is 7.74. The lowest BCUT2D eigenvalue weighted by Gasteiger charge is -2.38. The molecule has 0 spiro atoms. The second kappa shape index (κ2) is 11.8. The molecular formula is C36H51BrO6. The Morgan fingerprint density at radius 1 is 0.860 bits per heavy atom. The van der Waals surface area contributed by atoms with E-state index in [0.29, 0.717) is 29.4 Å². The highest BCUT2D eigenvalue weighted by molar-refractivity contribution is 9.10. The zero-order valence-corrected chi connectivity index (χ0v) is 28.8. The molecule has 43 heavy (non-hydrogen) atoms. The number of rotatable bonds is 11. The Hall–Kier alpha value is -1.89. The van der Waals surface area contributed by atoms with Crippen molar-refractivity contribution in [3.05, 3.63) is 33.8 Å². The van der Waals surface area contributed by atoms with E-state index in [4.69, 9.17) is 14.2 Å². The summed E-state index contributed by atoms with van der Waals surface area (Å²) in [5.41, 5.74) is 1.30. The summed E-state index contributed by atoms with van der Waals surface area (Å²) in [5, 5.41) is 0. The summed E-state index contributed by atoms with van der Waals surface area (Å²) in [4.78, 5) is 39.7. The van der Waals surface area contributed by atoms with Crippen molar-refractivity contribution in [1.29, 1.82) is 0 Å². The molecule has 7 atom stereocenters. The van der Waals surface area contributed by atoms with Crippen LogP contribution in [-0.4, -0.2) is 30.1 Å². The maximum Gasteiger partial charge on any atom is 0.338 e. The molecule has 1 unspecified atom stereocenters. The van der Waals surface area contributed by atoms with Gasteiger partial charge in [0, 0.05) is 20.9 Å². The largest absolute Gasteiger partial charge is 0.462 e. The van der Waals surface area contributed by atoms with Crippen molar-refractivity contribution in [2.75, 3.05) is 0 Å². The molecule has 0 amide bonds. The van der Waals surface area contributed by atoms with E-state index in [1.807, 2.05) is 12.1 Å². The van der Waals surface area contributed by atoms with Crippen molar-refractivity contribution >= 4 is 33.8 Å². The molecule has 6 nitrogen and oxygen atoms in total. The normalized spacial score (nSPS) is 33.8. The highest BCUT2D eigenvalue weighted by atomic mass is 79.9. The lowest BCUT2D eigenvalue weighted by Crippen LogP contribution is -2.38. The monoisotopic (exact) mass is 658 g/mol. The van der Waals surface area contributed by atoms with E-state index in [0.717, 1.165) is 43.0 Å². The van der Waals surface area contributed by atoms with Crippen LogP contribution in [0.4, 0.5) is 0 Å². The fourth-order valence-corrected chi connectivity index (χ4v) is 9.46. The number of fused-ring (bicyclic) bond motifs is 4. The van der Waals surface area contributed by atoms with Crippen molar-refractivity contribution in [2.24, 2.45) is 33.5 Å². The Morgan fingerprint density at radius 2 is 1.42 bits per heavy atom. The molecule has 0 saturated heterocycles. The maximum absolute atomic E-state index is 13.7. The van der Waals surface area contributed by atoms with Gasteiger partial charge in [0.15, 0.2) is 0 Å². The zero-order valence-electron chi connectivity index (χ0n) is 27.2. The molecule has 0 heterocycles. The number of hydrogen-bond acceptors (Lipinski definition) is 6. The SMILES string of the molecule is CCCCC(OC(=O)CCC(=O)O[C@@H]1C[C@@H]2CC[C@@]1(C)C2(C)C)c1ccc(Br)cc1C(=O)O[C@@H]1C[C@@H]2CC[C@@]1(C)C2(C)C. The van der Waals surface area contributed by atoms with E-state index in [2.05, 4.69) is 64.4 Å². The fraction of sp³-hybridized carbons (Fsp3) is 0.750. The number of carbonyl (C=O) groups is 3. The van der Waals surface area contributed by atoms with Crippen LogP contribution in [0.15, 0.2) is 22.7 Å². The van der Waals surface area contributed by atoms with Gasteiger partial charge >= 0.3 is 17.9 Å². The quantitative estimate of drug-likeness (QED) is 0.174. The predicted octanol–water partition coefficient (Wildman–Crippen LogP) is 9.13. The molecule has 4 aliphatic carbocycles. The van der Waals surface area contributed by atoms with Gasteiger partial charge in [-0.05, 0) is 86.2 Å². The van der Waals surface area contributed by atoms with Crippen molar-refractivity contribution in [3.63, 3.8) is 0 Å². The highest BCUT2D eigenvalue weighted by Crippen LogP contribution is 2.67. The molecule has 0 radical (unpaired) electrons. The Balaban J connectivity index is 1.24. The zero-order chi connectivity index (χ0) is 31.4. The van der Waals surface area contributed by atoms with Crippen LogP contribution >= 0.6 is 15.9 Å². The van der Waals surface area contributed by atoms with Gasteiger partial charge in [0.1, 0.15) is 18.3 Å². The van der Waals surface area contributed by atoms with Gasteiger partial charge in [-0.2, -0.15) is 0 Å². The van der Waals surface area contributed by atoms with Crippen LogP contribution in [0.25, 0.3) is 0 Å². The van der Waals surface area contributed by atoms with Crippen LogP contribution in [-0.2, 0) is 23.8 Å². The molecule has 7 heteroatoms. The number of benzene rings is 1. The molecule has 4 fully saturated rings. The summed E-state index contributed by atoms with van der Waals surface area (Å²) in [6, 6.07) is 5.50. The van der Waals surface area contributed by atoms with Gasteiger partial charge in [0.2, 0.25) is 0 Å². The summed E-state index contributed by atoms with van der Waals surface area (Å²) in [7, 11) is 0. The third-order valence-corrected chi connectivity index (χ3v) is 13.7. The lowest BCUT2D eigenvalue weighted by atomic mass is 9.70. The molecule has 5 rings (SSSR count). The van der Waals surface area contributed by atoms with Crippen LogP contribution in [0.3, 0.4) is 0 Å². The van der Waals surface area contributed by atoms with Crippen LogP contribution in [0.2, 0.25) is 0 Å². The number of ether oxygens (including phenoxy) is 3. The number of halogens is 1. The summed E-state index contributed by atoms with van der Waals surface area (Å²) < 4.78 is 19.0. The van der Waals surface area contributed by atoms with Crippen LogP contribution < -0.4 is 0 Å². The van der Waals surface area contributed by atoms with E-state index in [9.17, 15) is 14.4 Å². The van der Waals surface area contributed by atoms with Gasteiger partial charge in [0.05, 0.1) is 18.4 Å². The minimum absolute atomic E-state index is 0.0105. The van der Waals surface area contributed by atoms with Crippen molar-refractivity contribution < 1.29 is 28.6 Å². The maximum atomic E-state index is 13.7. The number of hydrogen-bond donors (Lipinski definition) is 0. The highest BCUT2D eigenvalue weighted by Gasteiger charge is 2.64. The van der Waals surface area contributed by atoms with Crippen LogP contribution in [0.5, 0.6) is 0 Å². The number of carbonyl (C=O) groups excluding carboxylic acids is 3. The van der Waals surface area contributed by atoms with Crippen LogP contribution in [0.1, 0.15) is 141 Å². The smallest absolute Gasteiger partial charge is 0.338 e. The van der Waals surface area contributed by atoms with E-state index < -0.39 is 12.1 Å². The average molecular weight is 660 g/mol. The van der Waals surface area contributed by atoms with Gasteiger partial charge in [0.25, 0.3) is 0 Å². The predicted molar refractivity (Wildman–Crippen MR) is 169 cm³/mol. The van der Waals surface area contributed by atoms with Gasteiger partial charge in [-0.15, -0.1) is 0 Å². The van der Waals surface area contributed by atoms with E-state index >= 15 is 0 Å². The minimum Gasteiger partial charge on any atom is -0.462 e. The standard InChI is InChI=1S/C36H51BrO6/c1-8-9-10-27(41-30(38)13-14-31(39)42-28-19-22-15-17-35(28,6)33(22,2)3)25-12-11-24(37)21-26(25)32(40)43-29-20-23-16-18-36(29,7)34(23,4)5/h11-12,21-23,27-29H,8-10,13-20H2,1-7H3/t22-,23-,27?,28+,29+,35+,36+/m0/s1. The summed E-state index contributed by atoms with van der Waals surface area (Å²) in [6.45, 7) is 15.8. The van der Waals surface area contributed by atoms with Crippen molar-refractivity contribution in [3.8, 4) is 0 Å². The first-order chi connectivity index (χ1) is 20.1. The van der Waals surface area contributed by atoms with Crippen molar-refractivity contribution in [2.45, 2.75) is 137 Å². The molecular weight excluding hydrogens is 608 g/mol. The molecule has 0 N–H and O–H groups in total. The minimum atomic E-state index is -0.601. The average Bonchev–Trinajstić information content (AvgIpc) is 3.46. The third-order valence-electron chi connectivity index (χ3n) is 13.2. The van der Waals surface area contributed by atoms with E-state index in [1.165, 1.54) is 12.8 Å². The van der Waals surface area contributed by atoms with Gasteiger partial charge in [-0.3, -0.25) is 9.59 Å². The van der Waals surface area contributed by atoms with Crippen LogP contribution in [0, 0.1) is 33.5 Å². The fourth-order valence-electron chi connectivity index (χ4n) is 9.10. The summed E-state index contributed by atoms with van der Waals surface area (Å²) >= 11 is 3.52. The lowest BCUT2D eigenvalue weighted by molar-refractivity contribution is -0.161. The molecule has 1 aromatic carbocycles. The van der Waals surface area contributed by atoms with E-state index in [-0.39, 0.29) is 58.6 Å². The molecule has 1 aromatic rings. The topological polar surface area (TPSA) is 78.9 Å². The first-order valence-electron chi connectivity index (χ1n) is 16.5. The van der Waals surface area contributed by atoms with Gasteiger partial charge in [-0.25, -0.2) is 4.79 Å². The number of esters is 3. The molecule has 0 aliphatic heterocycles. The third kappa shape index (κ3) is 5.59. The molecule has 0 aromatic heterocycles.